The second-order valence-electron chi connectivity index (χ2n) is 12.4. The molecule has 0 unspecified atom stereocenters. The maximum absolute atomic E-state index is 13.5. The van der Waals surface area contributed by atoms with Crippen molar-refractivity contribution in [2.24, 2.45) is 0 Å². The third-order valence-corrected chi connectivity index (χ3v) is 11.0. The van der Waals surface area contributed by atoms with Crippen LogP contribution in [0, 0.1) is 17.6 Å². The topological polar surface area (TPSA) is 59.9 Å². The summed E-state index contributed by atoms with van der Waals surface area (Å²) in [5, 5.41) is 0.447. The Morgan fingerprint density at radius 2 is 1.05 bits per heavy atom. The molecule has 2 aliphatic rings. The van der Waals surface area contributed by atoms with Crippen LogP contribution < -0.4 is 10.9 Å². The van der Waals surface area contributed by atoms with Crippen LogP contribution in [0.15, 0.2) is 27.8 Å². The normalized spacial score (nSPS) is 12.0. The zero-order valence-corrected chi connectivity index (χ0v) is 29.2. The second-order valence-corrected chi connectivity index (χ2v) is 14.8. The van der Waals surface area contributed by atoms with Gasteiger partial charge in [-0.3, -0.25) is 9.59 Å². The van der Waals surface area contributed by atoms with E-state index < -0.39 is 0 Å². The maximum Gasteiger partial charge on any atom is 0.233 e. The highest BCUT2D eigenvalue weighted by Gasteiger charge is 2.22. The zero-order chi connectivity index (χ0) is 31.3. The van der Waals surface area contributed by atoms with Gasteiger partial charge >= 0.3 is 0 Å². The zero-order valence-electron chi connectivity index (χ0n) is 27.6. The lowest BCUT2D eigenvalue weighted by molar-refractivity contribution is 0.575. The van der Waals surface area contributed by atoms with E-state index in [2.05, 4.69) is 55.0 Å². The van der Waals surface area contributed by atoms with Crippen LogP contribution in [0.5, 0.6) is 0 Å². The van der Waals surface area contributed by atoms with Gasteiger partial charge in [-0.2, -0.15) is 0 Å². The Balaban J connectivity index is 1.41. The quantitative estimate of drug-likeness (QED) is 0.0858. The summed E-state index contributed by atoms with van der Waals surface area (Å²) < 4.78 is 0. The van der Waals surface area contributed by atoms with Gasteiger partial charge < -0.3 is 0 Å². The third kappa shape index (κ3) is 9.06. The van der Waals surface area contributed by atoms with Crippen molar-refractivity contribution in [3.8, 4) is 21.1 Å². The van der Waals surface area contributed by atoms with Crippen molar-refractivity contribution in [2.45, 2.75) is 143 Å². The van der Waals surface area contributed by atoms with Crippen molar-refractivity contribution in [2.75, 3.05) is 0 Å². The molecule has 44 heavy (non-hydrogen) atoms. The molecule has 0 aliphatic carbocycles. The van der Waals surface area contributed by atoms with E-state index in [0.717, 1.165) is 29.0 Å². The van der Waals surface area contributed by atoms with E-state index in [4.69, 9.17) is 0 Å². The fourth-order valence-corrected chi connectivity index (χ4v) is 8.36. The Morgan fingerprint density at radius 1 is 0.614 bits per heavy atom. The van der Waals surface area contributed by atoms with Crippen molar-refractivity contribution >= 4 is 28.7 Å². The molecule has 4 heterocycles. The summed E-state index contributed by atoms with van der Waals surface area (Å²) in [6, 6.07) is 4.24. The van der Waals surface area contributed by atoms with Crippen LogP contribution in [0.4, 0.5) is 0 Å². The first-order chi connectivity index (χ1) is 21.5. The second kappa shape index (κ2) is 17.9. The molecule has 0 spiro atoms. The van der Waals surface area contributed by atoms with Crippen molar-refractivity contribution in [1.82, 2.24) is 9.97 Å². The van der Waals surface area contributed by atoms with Gasteiger partial charge in [-0.05, 0) is 68.9 Å². The summed E-state index contributed by atoms with van der Waals surface area (Å²) in [5.74, 6) is 0. The summed E-state index contributed by atoms with van der Waals surface area (Å²) in [4.78, 5) is 40.3. The molecule has 4 rings (SSSR count). The average Bonchev–Trinajstić information content (AvgIpc) is 3.76. The summed E-state index contributed by atoms with van der Waals surface area (Å²) in [5.41, 5.74) is 2.90. The highest BCUT2D eigenvalue weighted by molar-refractivity contribution is 7.16. The highest BCUT2D eigenvalue weighted by Crippen LogP contribution is 2.33. The number of hydrogen-bond donors (Lipinski definition) is 0. The molecule has 0 atom stereocenters. The first kappa shape index (κ1) is 34.4. The summed E-state index contributed by atoms with van der Waals surface area (Å²) in [6.07, 6.45) is 26.9. The largest absolute Gasteiger partial charge is 0.285 e. The van der Waals surface area contributed by atoms with Crippen molar-refractivity contribution in [3.05, 3.63) is 70.2 Å². The van der Waals surface area contributed by atoms with Gasteiger partial charge in [0.1, 0.15) is 22.1 Å². The summed E-state index contributed by atoms with van der Waals surface area (Å²) in [6.45, 7) is 8.67. The Kier molecular flexibility index (Phi) is 14.0. The summed E-state index contributed by atoms with van der Waals surface area (Å²) in [7, 11) is 0. The minimum atomic E-state index is -0.220. The van der Waals surface area contributed by atoms with Crippen LogP contribution >= 0.6 is 22.7 Å². The molecule has 6 heteroatoms. The van der Waals surface area contributed by atoms with Gasteiger partial charge in [0, 0.05) is 9.75 Å². The fourth-order valence-electron chi connectivity index (χ4n) is 6.14. The van der Waals surface area contributed by atoms with E-state index in [0.29, 0.717) is 11.4 Å². The van der Waals surface area contributed by atoms with Gasteiger partial charge in [0.05, 0.1) is 9.75 Å². The first-order valence-electron chi connectivity index (χ1n) is 17.3. The molecule has 0 amide bonds. The minimum Gasteiger partial charge on any atom is -0.285 e. The lowest BCUT2D eigenvalue weighted by Crippen LogP contribution is -2.03. The van der Waals surface area contributed by atoms with Crippen LogP contribution in [0.1, 0.15) is 144 Å². The Morgan fingerprint density at radius 3 is 1.55 bits per heavy atom. The van der Waals surface area contributed by atoms with E-state index in [1.165, 1.54) is 117 Å². The van der Waals surface area contributed by atoms with Crippen molar-refractivity contribution in [1.29, 1.82) is 0 Å². The number of aryl methyl sites for hydroxylation is 3. The van der Waals surface area contributed by atoms with E-state index in [1.807, 2.05) is 6.92 Å². The Bertz CT molecular complexity index is 1620. The van der Waals surface area contributed by atoms with E-state index in [1.54, 1.807) is 22.7 Å². The monoisotopic (exact) mass is 632 g/mol. The minimum absolute atomic E-state index is 0.215. The predicted molar refractivity (Wildman–Crippen MR) is 191 cm³/mol. The number of nitrogens with zero attached hydrogens (tertiary/aromatic N) is 2. The van der Waals surface area contributed by atoms with Crippen LogP contribution in [-0.2, 0) is 12.8 Å². The van der Waals surface area contributed by atoms with Gasteiger partial charge in [-0.1, -0.05) is 110 Å². The van der Waals surface area contributed by atoms with E-state index in [-0.39, 0.29) is 21.6 Å². The first-order valence-corrected chi connectivity index (χ1v) is 19.0. The molecule has 0 N–H and O–H groups in total. The average molecular weight is 633 g/mol. The lowest BCUT2D eigenvalue weighted by Gasteiger charge is -2.02. The van der Waals surface area contributed by atoms with Gasteiger partial charge in [-0.25, -0.2) is 9.97 Å². The molecule has 0 fully saturated rings. The smallest absolute Gasteiger partial charge is 0.233 e. The van der Waals surface area contributed by atoms with Crippen LogP contribution in [0.3, 0.4) is 0 Å². The van der Waals surface area contributed by atoms with Crippen molar-refractivity contribution in [3.63, 3.8) is 0 Å². The molecule has 0 bridgehead atoms. The lowest BCUT2D eigenvalue weighted by atomic mass is 10.0. The Labute approximate surface area is 272 Å². The molecule has 0 saturated carbocycles. The van der Waals surface area contributed by atoms with E-state index >= 15 is 0 Å². The number of unbranched alkanes of at least 4 members (excludes halogenated alkanes) is 14. The molecule has 0 saturated heterocycles. The molecule has 4 nitrogen and oxygen atoms in total. The molecular weight excluding hydrogens is 581 g/mol. The summed E-state index contributed by atoms with van der Waals surface area (Å²) >= 11 is 3.21. The van der Waals surface area contributed by atoms with Gasteiger partial charge in [-0.15, -0.1) is 22.7 Å². The van der Waals surface area contributed by atoms with E-state index in [9.17, 15) is 9.59 Å². The maximum atomic E-state index is 13.5. The standard InChI is InChI=1S/C38H52N2O2S2/c1-5-8-10-12-14-16-18-20-23-28-25-31(43-27(28)4)33-37(41)35-36(39-33)38(42)34(40-35)32-26-29(30(44-32)22-7-3)24-21-19-17-15-13-11-9-6-2/h7,22,25-26H,5-6,8-21,23-24H2,1-4H3/b22-7+. The molecule has 2 aromatic rings. The van der Waals surface area contributed by atoms with Crippen LogP contribution in [-0.4, -0.2) is 9.97 Å². The number of rotatable bonds is 21. The molecule has 0 aromatic carbocycles. The molecule has 0 radical (unpaired) electrons. The van der Waals surface area contributed by atoms with Crippen molar-refractivity contribution < 1.29 is 0 Å². The van der Waals surface area contributed by atoms with Crippen LogP contribution in [0.2, 0.25) is 0 Å². The highest BCUT2D eigenvalue weighted by atomic mass is 32.1. The number of aromatic nitrogens is 2. The van der Waals surface area contributed by atoms with Crippen LogP contribution in [0.25, 0.3) is 27.2 Å². The van der Waals surface area contributed by atoms with Gasteiger partial charge in [0.15, 0.2) is 0 Å². The van der Waals surface area contributed by atoms with Gasteiger partial charge in [0.2, 0.25) is 10.9 Å². The number of thiophene rings is 2. The molecule has 2 aromatic heterocycles. The molecule has 238 valence electrons. The Hall–Kier alpha value is -2.44. The SMILES string of the molecule is C/C=C/c1sc(-c2nc3c(=O)c(-c4cc(CCCCCCCCCC)c(C)s4)nc=3c2=O)cc1CCCCCCCCCC. The number of allylic oxidation sites excluding steroid dienone is 1. The molecular formula is C38H52N2O2S2. The fraction of sp³-hybridized carbons (Fsp3) is 0.579. The van der Waals surface area contributed by atoms with Gasteiger partial charge in [0.25, 0.3) is 0 Å². The predicted octanol–water partition coefficient (Wildman–Crippen LogP) is 11.0. The molecule has 2 aliphatic heterocycles. The third-order valence-electron chi connectivity index (χ3n) is 8.78. The number of hydrogen-bond acceptors (Lipinski definition) is 6.